The Kier molecular flexibility index (Phi) is 9.85. The summed E-state index contributed by atoms with van der Waals surface area (Å²) in [4.78, 5) is 0. The maximum Gasteiger partial charge on any atom is 0.162 e. The molecule has 1 aliphatic carbocycles. The summed E-state index contributed by atoms with van der Waals surface area (Å²) in [7, 11) is 3.37. The van der Waals surface area contributed by atoms with Gasteiger partial charge in [-0.25, -0.2) is 0 Å². The molecule has 3 aromatic carbocycles. The van der Waals surface area contributed by atoms with Gasteiger partial charge < -0.3 is 30.0 Å². The van der Waals surface area contributed by atoms with E-state index in [-0.39, 0.29) is 11.5 Å². The molecule has 4 rings (SSSR count). The minimum Gasteiger partial charge on any atom is -0.508 e. The van der Waals surface area contributed by atoms with Crippen molar-refractivity contribution in [2.24, 2.45) is 5.41 Å². The number of fused-ring (bicyclic) bond motifs is 1. The van der Waals surface area contributed by atoms with Gasteiger partial charge in [-0.3, -0.25) is 0 Å². The van der Waals surface area contributed by atoms with Gasteiger partial charge in [0.2, 0.25) is 0 Å². The number of nitrogens with one attached hydrogen (secondary N) is 2. The first-order chi connectivity index (χ1) is 19.1. The number of phenols is 1. The predicted octanol–water partition coefficient (Wildman–Crippen LogP) is 6.74. The van der Waals surface area contributed by atoms with Crippen LogP contribution in [0.3, 0.4) is 0 Å². The Labute approximate surface area is 240 Å². The van der Waals surface area contributed by atoms with E-state index in [9.17, 15) is 5.11 Å². The van der Waals surface area contributed by atoms with Crippen molar-refractivity contribution >= 4 is 5.69 Å². The molecule has 0 aromatic heterocycles. The minimum atomic E-state index is 0.207. The summed E-state index contributed by atoms with van der Waals surface area (Å²) in [5, 5.41) is 17.1. The summed E-state index contributed by atoms with van der Waals surface area (Å²) in [6.07, 6.45) is 3.77. The Bertz CT molecular complexity index is 1250. The minimum absolute atomic E-state index is 0.207. The van der Waals surface area contributed by atoms with Crippen molar-refractivity contribution in [3.05, 3.63) is 76.9 Å². The molecule has 6 nitrogen and oxygen atoms in total. The van der Waals surface area contributed by atoms with Gasteiger partial charge in [0, 0.05) is 30.9 Å². The molecule has 3 N–H and O–H groups in total. The number of rotatable bonds is 12. The number of hydrogen-bond donors (Lipinski definition) is 3. The van der Waals surface area contributed by atoms with Gasteiger partial charge in [-0.15, -0.1) is 0 Å². The normalized spacial score (nSPS) is 15.7. The highest BCUT2D eigenvalue weighted by Gasteiger charge is 2.25. The number of aryl methyl sites for hydroxylation is 1. The molecule has 2 unspecified atom stereocenters. The number of phenolic OH excluding ortho intramolecular Hbond substituents is 1. The molecular weight excluding hydrogens is 500 g/mol. The van der Waals surface area contributed by atoms with Crippen LogP contribution in [-0.2, 0) is 19.3 Å². The van der Waals surface area contributed by atoms with Gasteiger partial charge in [0.1, 0.15) is 18.1 Å². The molecule has 0 bridgehead atoms. The van der Waals surface area contributed by atoms with E-state index in [1.54, 1.807) is 20.3 Å². The summed E-state index contributed by atoms with van der Waals surface area (Å²) >= 11 is 0. The SMILES string of the molecule is COc1cc(NC(C)Cc2ccc(OCCNCC(C)(C)C)cc2)c(C2CCc3cc(O)ccc3C2)cc1OC. The van der Waals surface area contributed by atoms with Gasteiger partial charge >= 0.3 is 0 Å². The first kappa shape index (κ1) is 29.6. The van der Waals surface area contributed by atoms with E-state index in [2.05, 4.69) is 80.8 Å². The van der Waals surface area contributed by atoms with E-state index >= 15 is 0 Å². The molecule has 0 saturated heterocycles. The molecule has 0 aliphatic heterocycles. The molecule has 0 heterocycles. The van der Waals surface area contributed by atoms with Gasteiger partial charge in [-0.05, 0) is 96.5 Å². The number of anilines is 1. The number of hydrogen-bond acceptors (Lipinski definition) is 6. The van der Waals surface area contributed by atoms with Gasteiger partial charge in [-0.1, -0.05) is 39.0 Å². The first-order valence-electron chi connectivity index (χ1n) is 14.4. The summed E-state index contributed by atoms with van der Waals surface area (Å²) in [5.41, 5.74) is 6.40. The Morgan fingerprint density at radius 3 is 2.38 bits per heavy atom. The monoisotopic (exact) mass is 546 g/mol. The Hall–Kier alpha value is -3.38. The van der Waals surface area contributed by atoms with Gasteiger partial charge in [0.05, 0.1) is 14.2 Å². The summed E-state index contributed by atoms with van der Waals surface area (Å²) in [6.45, 7) is 11.4. The van der Waals surface area contributed by atoms with Crippen LogP contribution < -0.4 is 24.8 Å². The molecule has 0 saturated carbocycles. The van der Waals surface area contributed by atoms with Crippen molar-refractivity contribution in [2.45, 2.75) is 65.3 Å². The molecule has 40 heavy (non-hydrogen) atoms. The smallest absolute Gasteiger partial charge is 0.162 e. The number of ether oxygens (including phenoxy) is 3. The van der Waals surface area contributed by atoms with Crippen LogP contribution in [0.4, 0.5) is 5.69 Å². The van der Waals surface area contributed by atoms with Crippen LogP contribution in [0.1, 0.15) is 62.3 Å². The third-order valence-electron chi connectivity index (χ3n) is 7.48. The summed E-state index contributed by atoms with van der Waals surface area (Å²) in [6, 6.07) is 18.6. The fraction of sp³-hybridized carbons (Fsp3) is 0.471. The van der Waals surface area contributed by atoms with Crippen molar-refractivity contribution in [2.75, 3.05) is 39.2 Å². The van der Waals surface area contributed by atoms with Crippen molar-refractivity contribution in [1.82, 2.24) is 5.32 Å². The van der Waals surface area contributed by atoms with Crippen molar-refractivity contribution in [3.63, 3.8) is 0 Å². The Morgan fingerprint density at radius 1 is 0.950 bits per heavy atom. The van der Waals surface area contributed by atoms with E-state index in [1.807, 2.05) is 6.07 Å². The van der Waals surface area contributed by atoms with Crippen molar-refractivity contribution < 1.29 is 19.3 Å². The Morgan fingerprint density at radius 2 is 1.68 bits per heavy atom. The van der Waals surface area contributed by atoms with Gasteiger partial charge in [0.25, 0.3) is 0 Å². The molecule has 0 amide bonds. The molecule has 3 aromatic rings. The van der Waals surface area contributed by atoms with Crippen LogP contribution in [-0.4, -0.2) is 45.1 Å². The average Bonchev–Trinajstić information content (AvgIpc) is 2.92. The third kappa shape index (κ3) is 8.07. The van der Waals surface area contributed by atoms with Crippen LogP contribution in [0.25, 0.3) is 0 Å². The number of benzene rings is 3. The maximum atomic E-state index is 9.91. The molecular formula is C34H46N2O4. The van der Waals surface area contributed by atoms with Crippen LogP contribution in [0.5, 0.6) is 23.0 Å². The second-order valence-electron chi connectivity index (χ2n) is 12.2. The van der Waals surface area contributed by atoms with Crippen molar-refractivity contribution in [3.8, 4) is 23.0 Å². The molecule has 0 fully saturated rings. The van der Waals surface area contributed by atoms with Crippen LogP contribution in [0.15, 0.2) is 54.6 Å². The van der Waals surface area contributed by atoms with E-state index in [0.29, 0.717) is 18.3 Å². The van der Waals surface area contributed by atoms with Gasteiger partial charge in [0.15, 0.2) is 11.5 Å². The molecule has 216 valence electrons. The fourth-order valence-corrected chi connectivity index (χ4v) is 5.46. The topological polar surface area (TPSA) is 72.0 Å². The second-order valence-corrected chi connectivity index (χ2v) is 12.2. The lowest BCUT2D eigenvalue weighted by molar-refractivity contribution is 0.297. The summed E-state index contributed by atoms with van der Waals surface area (Å²) < 4.78 is 17.2. The number of aromatic hydroxyl groups is 1. The van der Waals surface area contributed by atoms with Crippen LogP contribution >= 0.6 is 0 Å². The van der Waals surface area contributed by atoms with E-state index in [4.69, 9.17) is 14.2 Å². The zero-order valence-electron chi connectivity index (χ0n) is 25.0. The van der Waals surface area contributed by atoms with Crippen LogP contribution in [0.2, 0.25) is 0 Å². The second kappa shape index (κ2) is 13.3. The van der Waals surface area contributed by atoms with Gasteiger partial charge in [-0.2, -0.15) is 0 Å². The highest BCUT2D eigenvalue weighted by atomic mass is 16.5. The standard InChI is InChI=1S/C34H46N2O4/c1-23(17-24-7-13-29(14-8-24)40-16-15-35-22-34(2,3)4)36-31-21-33(39-6)32(38-5)20-30(31)27-10-9-26-19-28(37)12-11-25(26)18-27/h7-8,11-14,19-21,23,27,35-37H,9-10,15-18,22H2,1-6H3. The zero-order chi connectivity index (χ0) is 28.7. The van der Waals surface area contributed by atoms with Crippen molar-refractivity contribution in [1.29, 1.82) is 0 Å². The first-order valence-corrected chi connectivity index (χ1v) is 14.4. The highest BCUT2D eigenvalue weighted by Crippen LogP contribution is 2.42. The average molecular weight is 547 g/mol. The Balaban J connectivity index is 1.41. The molecule has 6 heteroatoms. The molecule has 0 radical (unpaired) electrons. The van der Waals surface area contributed by atoms with E-state index < -0.39 is 0 Å². The predicted molar refractivity (Wildman–Crippen MR) is 163 cm³/mol. The third-order valence-corrected chi connectivity index (χ3v) is 7.48. The summed E-state index contributed by atoms with van der Waals surface area (Å²) in [5.74, 6) is 3.06. The lowest BCUT2D eigenvalue weighted by atomic mass is 9.79. The molecule has 2 atom stereocenters. The number of methoxy groups -OCH3 is 2. The zero-order valence-corrected chi connectivity index (χ0v) is 25.0. The maximum absolute atomic E-state index is 9.91. The highest BCUT2D eigenvalue weighted by molar-refractivity contribution is 5.63. The molecule has 0 spiro atoms. The van der Waals surface area contributed by atoms with E-state index in [0.717, 1.165) is 61.7 Å². The lowest BCUT2D eigenvalue weighted by Crippen LogP contribution is -2.30. The molecule has 1 aliphatic rings. The van der Waals surface area contributed by atoms with E-state index in [1.165, 1.54) is 22.3 Å². The lowest BCUT2D eigenvalue weighted by Gasteiger charge is -2.29. The quantitative estimate of drug-likeness (QED) is 0.219. The fourth-order valence-electron chi connectivity index (χ4n) is 5.46. The largest absolute Gasteiger partial charge is 0.508 e. The van der Waals surface area contributed by atoms with Crippen LogP contribution in [0, 0.1) is 5.41 Å².